The summed E-state index contributed by atoms with van der Waals surface area (Å²) in [7, 11) is 0. The maximum absolute atomic E-state index is 6.72. The van der Waals surface area contributed by atoms with Crippen LogP contribution in [0, 0.1) is 0 Å². The normalized spacial score (nSPS) is 15.9. The van der Waals surface area contributed by atoms with Crippen LogP contribution in [0.4, 0.5) is 0 Å². The van der Waals surface area contributed by atoms with E-state index in [9.17, 15) is 0 Å². The highest BCUT2D eigenvalue weighted by Crippen LogP contribution is 2.42. The van der Waals surface area contributed by atoms with E-state index in [1.165, 1.54) is 45.1 Å². The molecule has 32 heavy (non-hydrogen) atoms. The van der Waals surface area contributed by atoms with Gasteiger partial charge in [0, 0.05) is 5.46 Å². The van der Waals surface area contributed by atoms with Crippen molar-refractivity contribution in [2.75, 3.05) is 0 Å². The third kappa shape index (κ3) is 2.86. The molecule has 162 valence electrons. The lowest BCUT2D eigenvalue weighted by atomic mass is 9.34. The zero-order valence-corrected chi connectivity index (χ0v) is 20.1. The predicted molar refractivity (Wildman–Crippen MR) is 134 cm³/mol. The van der Waals surface area contributed by atoms with E-state index in [1.54, 1.807) is 0 Å². The van der Waals surface area contributed by atoms with Crippen LogP contribution in [0.15, 0.2) is 42.5 Å². The minimum atomic E-state index is 0.0803. The molecule has 3 aromatic rings. The van der Waals surface area contributed by atoms with Crippen molar-refractivity contribution in [3.05, 3.63) is 64.7 Å². The van der Waals surface area contributed by atoms with Crippen LogP contribution in [0.2, 0.25) is 0 Å². The summed E-state index contributed by atoms with van der Waals surface area (Å²) in [6.07, 6.45) is 3.39. The second-order valence-corrected chi connectivity index (χ2v) is 11.8. The van der Waals surface area contributed by atoms with Crippen molar-refractivity contribution in [1.82, 2.24) is 0 Å². The van der Waals surface area contributed by atoms with E-state index in [4.69, 9.17) is 9.47 Å². The van der Waals surface area contributed by atoms with Crippen LogP contribution in [-0.2, 0) is 23.7 Å². The topological polar surface area (TPSA) is 18.5 Å². The Balaban J connectivity index is 1.61. The lowest BCUT2D eigenvalue weighted by Crippen LogP contribution is -2.57. The van der Waals surface area contributed by atoms with E-state index < -0.39 is 0 Å². The number of aryl methyl sites for hydroxylation is 1. The Kier molecular flexibility index (Phi) is 4.02. The van der Waals surface area contributed by atoms with Crippen LogP contribution in [0.1, 0.15) is 70.2 Å². The lowest BCUT2D eigenvalue weighted by Gasteiger charge is -2.35. The van der Waals surface area contributed by atoms with Gasteiger partial charge >= 0.3 is 0 Å². The number of hydrogen-bond donors (Lipinski definition) is 0. The van der Waals surface area contributed by atoms with E-state index >= 15 is 0 Å². The quantitative estimate of drug-likeness (QED) is 0.307. The smallest absolute Gasteiger partial charge is 0.260 e. The fraction of sp³-hybridized carbons (Fsp3) is 0.379. The summed E-state index contributed by atoms with van der Waals surface area (Å²) < 4.78 is 13.3. The molecule has 0 N–H and O–H groups in total. The molecule has 0 amide bonds. The Hall–Kier alpha value is -2.68. The molecule has 0 aromatic heterocycles. The Morgan fingerprint density at radius 2 is 1.28 bits per heavy atom. The van der Waals surface area contributed by atoms with Gasteiger partial charge in [0.15, 0.2) is 0 Å². The lowest BCUT2D eigenvalue weighted by molar-refractivity contribution is 0.457. The average molecular weight is 422 g/mol. The number of hydrogen-bond acceptors (Lipinski definition) is 2. The fourth-order valence-corrected chi connectivity index (χ4v) is 5.53. The van der Waals surface area contributed by atoms with Gasteiger partial charge in [0.2, 0.25) is 0 Å². The average Bonchev–Trinajstić information content (AvgIpc) is 3.20. The van der Waals surface area contributed by atoms with Gasteiger partial charge in [0.25, 0.3) is 6.71 Å². The second kappa shape index (κ2) is 6.44. The third-order valence-corrected chi connectivity index (χ3v) is 7.45. The minimum Gasteiger partial charge on any atom is -0.458 e. The van der Waals surface area contributed by atoms with Gasteiger partial charge in [-0.05, 0) is 81.5 Å². The number of ether oxygens (including phenoxy) is 2. The first-order chi connectivity index (χ1) is 15.1. The molecule has 6 rings (SSSR count). The van der Waals surface area contributed by atoms with Gasteiger partial charge in [0.1, 0.15) is 23.0 Å². The zero-order chi connectivity index (χ0) is 22.4. The molecule has 2 aliphatic heterocycles. The first kappa shape index (κ1) is 20.0. The van der Waals surface area contributed by atoms with Crippen molar-refractivity contribution in [2.45, 2.75) is 71.6 Å². The third-order valence-electron chi connectivity index (χ3n) is 7.45. The van der Waals surface area contributed by atoms with Crippen molar-refractivity contribution in [1.29, 1.82) is 0 Å². The molecule has 3 heteroatoms. The van der Waals surface area contributed by atoms with E-state index in [0.717, 1.165) is 35.8 Å². The van der Waals surface area contributed by atoms with Crippen molar-refractivity contribution >= 4 is 23.1 Å². The van der Waals surface area contributed by atoms with Gasteiger partial charge in [-0.15, -0.1) is 0 Å². The molecule has 3 aliphatic rings. The summed E-state index contributed by atoms with van der Waals surface area (Å²) in [6.45, 7) is 13.7. The first-order valence-corrected chi connectivity index (χ1v) is 11.9. The molecule has 2 heterocycles. The summed E-state index contributed by atoms with van der Waals surface area (Å²) in [5, 5.41) is 0. The molecule has 3 aromatic carbocycles. The highest BCUT2D eigenvalue weighted by Gasteiger charge is 2.42. The number of benzene rings is 3. The Morgan fingerprint density at radius 3 is 1.88 bits per heavy atom. The highest BCUT2D eigenvalue weighted by molar-refractivity contribution is 6.98. The fourth-order valence-electron chi connectivity index (χ4n) is 5.53. The summed E-state index contributed by atoms with van der Waals surface area (Å²) in [5.74, 6) is 4.04. The van der Waals surface area contributed by atoms with Gasteiger partial charge in [-0.1, -0.05) is 65.8 Å². The summed E-state index contributed by atoms with van der Waals surface area (Å²) in [5.41, 5.74) is 9.27. The first-order valence-electron chi connectivity index (χ1n) is 11.9. The number of rotatable bonds is 0. The van der Waals surface area contributed by atoms with Crippen LogP contribution < -0.4 is 25.9 Å². The van der Waals surface area contributed by atoms with Crippen LogP contribution >= 0.6 is 0 Å². The molecular weight excluding hydrogens is 391 g/mol. The summed E-state index contributed by atoms with van der Waals surface area (Å²) in [6, 6.07) is 15.9. The maximum atomic E-state index is 6.72. The van der Waals surface area contributed by atoms with Crippen molar-refractivity contribution in [2.24, 2.45) is 0 Å². The molecule has 2 nitrogen and oxygen atoms in total. The van der Waals surface area contributed by atoms with E-state index in [0.29, 0.717) is 0 Å². The van der Waals surface area contributed by atoms with Crippen molar-refractivity contribution in [3.8, 4) is 23.0 Å². The highest BCUT2D eigenvalue weighted by atomic mass is 16.5. The molecule has 0 saturated carbocycles. The summed E-state index contributed by atoms with van der Waals surface area (Å²) in [4.78, 5) is 0. The summed E-state index contributed by atoms with van der Waals surface area (Å²) >= 11 is 0. The molecular formula is C29H31BO2. The van der Waals surface area contributed by atoms with E-state index in [-0.39, 0.29) is 17.5 Å². The molecule has 0 atom stereocenters. The second-order valence-electron chi connectivity index (χ2n) is 11.8. The standard InChI is InChI=1S/C29H31BO2/c1-28(2,3)18-10-12-21-23(15-18)31-25-14-17-8-7-9-20(17)27-26(25)30(21)22-13-11-19(29(4,5)6)16-24(22)32-27/h10-16H,7-9H2,1-6H3. The number of fused-ring (bicyclic) bond motifs is 6. The van der Waals surface area contributed by atoms with Crippen molar-refractivity contribution in [3.63, 3.8) is 0 Å². The van der Waals surface area contributed by atoms with Gasteiger partial charge in [-0.25, -0.2) is 0 Å². The zero-order valence-electron chi connectivity index (χ0n) is 20.1. The minimum absolute atomic E-state index is 0.0803. The van der Waals surface area contributed by atoms with Gasteiger partial charge < -0.3 is 9.47 Å². The monoisotopic (exact) mass is 422 g/mol. The van der Waals surface area contributed by atoms with Crippen LogP contribution in [0.5, 0.6) is 23.0 Å². The molecule has 0 saturated heterocycles. The molecule has 0 spiro atoms. The van der Waals surface area contributed by atoms with Gasteiger partial charge in [-0.2, -0.15) is 0 Å². The molecule has 0 bridgehead atoms. The van der Waals surface area contributed by atoms with Crippen molar-refractivity contribution < 1.29 is 9.47 Å². The Labute approximate surface area is 192 Å². The molecule has 0 unspecified atom stereocenters. The van der Waals surface area contributed by atoms with Gasteiger partial charge in [0.05, 0.1) is 0 Å². The van der Waals surface area contributed by atoms with Crippen LogP contribution in [-0.4, -0.2) is 6.71 Å². The van der Waals surface area contributed by atoms with Crippen LogP contribution in [0.25, 0.3) is 0 Å². The van der Waals surface area contributed by atoms with E-state index in [1.807, 2.05) is 0 Å². The molecule has 0 radical (unpaired) electrons. The maximum Gasteiger partial charge on any atom is 0.260 e. The molecule has 1 aliphatic carbocycles. The van der Waals surface area contributed by atoms with Crippen LogP contribution in [0.3, 0.4) is 0 Å². The van der Waals surface area contributed by atoms with E-state index in [2.05, 4.69) is 84.0 Å². The predicted octanol–water partition coefficient (Wildman–Crippen LogP) is 5.50. The Bertz CT molecular complexity index is 1260. The SMILES string of the molecule is CC(C)(C)c1ccc2c(c1)Oc1cc3c(c4c1B2c1ccc(C(C)(C)C)cc1O4)CCC3. The largest absolute Gasteiger partial charge is 0.458 e. The molecule has 0 fully saturated rings. The Morgan fingerprint density at radius 1 is 0.688 bits per heavy atom. The van der Waals surface area contributed by atoms with Gasteiger partial charge in [-0.3, -0.25) is 0 Å².